The van der Waals surface area contributed by atoms with Crippen molar-refractivity contribution in [2.24, 2.45) is 0 Å². The van der Waals surface area contributed by atoms with Gasteiger partial charge in [0.25, 0.3) is 6.43 Å². The fourth-order valence-electron chi connectivity index (χ4n) is 1.50. The molecule has 17 heavy (non-hydrogen) atoms. The number of methoxy groups -OCH3 is 1. The van der Waals surface area contributed by atoms with Gasteiger partial charge in [-0.1, -0.05) is 12.1 Å². The number of halogens is 2. The van der Waals surface area contributed by atoms with E-state index in [1.54, 1.807) is 18.2 Å². The van der Waals surface area contributed by atoms with Gasteiger partial charge in [-0.3, -0.25) is 0 Å². The first-order valence-electron chi connectivity index (χ1n) is 4.74. The number of ether oxygens (including phenoxy) is 1. The third-order valence-corrected chi connectivity index (χ3v) is 2.22. The minimum Gasteiger partial charge on any atom is -0.495 e. The number of rotatable bonds is 3. The number of para-hydroxylation sites is 2. The Labute approximate surface area is 94.7 Å². The van der Waals surface area contributed by atoms with Crippen LogP contribution in [0.1, 0.15) is 12.2 Å². The Bertz CT molecular complexity index is 577. The van der Waals surface area contributed by atoms with Crippen molar-refractivity contribution >= 4 is 0 Å². The van der Waals surface area contributed by atoms with E-state index in [9.17, 15) is 13.6 Å². The molecule has 1 heterocycles. The van der Waals surface area contributed by atoms with Gasteiger partial charge in [0.15, 0.2) is 0 Å². The van der Waals surface area contributed by atoms with Crippen molar-refractivity contribution in [2.45, 2.75) is 6.43 Å². The molecule has 1 N–H and O–H groups in total. The van der Waals surface area contributed by atoms with E-state index in [4.69, 9.17) is 4.74 Å². The van der Waals surface area contributed by atoms with Gasteiger partial charge in [0.2, 0.25) is 5.82 Å². The number of aromatic amines is 1. The van der Waals surface area contributed by atoms with E-state index in [-0.39, 0.29) is 5.69 Å². The van der Waals surface area contributed by atoms with Crippen LogP contribution >= 0.6 is 0 Å². The number of aromatic nitrogens is 3. The van der Waals surface area contributed by atoms with Crippen molar-refractivity contribution in [3.8, 4) is 11.4 Å². The summed E-state index contributed by atoms with van der Waals surface area (Å²) < 4.78 is 31.2. The number of nitrogens with one attached hydrogen (secondary N) is 1. The predicted octanol–water partition coefficient (Wildman–Crippen LogP) is 1.51. The molecule has 0 fully saturated rings. The maximum Gasteiger partial charge on any atom is 0.348 e. The van der Waals surface area contributed by atoms with Gasteiger partial charge in [0.05, 0.1) is 12.8 Å². The summed E-state index contributed by atoms with van der Waals surface area (Å²) in [5.41, 5.74) is -0.506. The van der Waals surface area contributed by atoms with E-state index in [2.05, 4.69) is 5.10 Å². The third-order valence-electron chi connectivity index (χ3n) is 2.22. The lowest BCUT2D eigenvalue weighted by Crippen LogP contribution is -2.17. The van der Waals surface area contributed by atoms with Gasteiger partial charge < -0.3 is 4.74 Å². The number of nitrogens with zero attached hydrogens (tertiary/aromatic N) is 2. The Morgan fingerprint density at radius 3 is 2.76 bits per heavy atom. The maximum absolute atomic E-state index is 12.7. The first kappa shape index (κ1) is 11.3. The van der Waals surface area contributed by atoms with Crippen LogP contribution in [0.2, 0.25) is 0 Å². The molecule has 0 amide bonds. The average molecular weight is 241 g/mol. The van der Waals surface area contributed by atoms with Crippen molar-refractivity contribution < 1.29 is 13.5 Å². The second kappa shape index (κ2) is 4.36. The lowest BCUT2D eigenvalue weighted by atomic mass is 10.3. The molecule has 0 aliphatic rings. The van der Waals surface area contributed by atoms with E-state index < -0.39 is 17.9 Å². The van der Waals surface area contributed by atoms with Crippen molar-refractivity contribution in [2.75, 3.05) is 7.11 Å². The van der Waals surface area contributed by atoms with Gasteiger partial charge in [0.1, 0.15) is 5.75 Å². The van der Waals surface area contributed by atoms with Gasteiger partial charge in [0, 0.05) is 0 Å². The second-order valence-electron chi connectivity index (χ2n) is 3.19. The van der Waals surface area contributed by atoms with Crippen LogP contribution in [-0.4, -0.2) is 21.9 Å². The Kier molecular flexibility index (Phi) is 2.90. The fourth-order valence-corrected chi connectivity index (χ4v) is 1.50. The summed E-state index contributed by atoms with van der Waals surface area (Å²) in [5.74, 6) is -0.322. The Morgan fingerprint density at radius 1 is 1.41 bits per heavy atom. The number of H-pyrrole nitrogens is 1. The number of hydrogen-bond donors (Lipinski definition) is 1. The molecular weight excluding hydrogens is 232 g/mol. The molecule has 7 heteroatoms. The van der Waals surface area contributed by atoms with Gasteiger partial charge in [-0.05, 0) is 12.1 Å². The second-order valence-corrected chi connectivity index (χ2v) is 3.19. The zero-order chi connectivity index (χ0) is 12.4. The number of hydrogen-bond acceptors (Lipinski definition) is 3. The largest absolute Gasteiger partial charge is 0.495 e. The molecule has 90 valence electrons. The minimum absolute atomic E-state index is 0.226. The zero-order valence-corrected chi connectivity index (χ0v) is 8.85. The first-order valence-corrected chi connectivity index (χ1v) is 4.74. The van der Waals surface area contributed by atoms with Crippen LogP contribution < -0.4 is 10.4 Å². The lowest BCUT2D eigenvalue weighted by molar-refractivity contribution is 0.137. The molecule has 0 atom stereocenters. The highest BCUT2D eigenvalue weighted by molar-refractivity contribution is 5.47. The highest BCUT2D eigenvalue weighted by atomic mass is 19.3. The van der Waals surface area contributed by atoms with E-state index in [0.29, 0.717) is 5.75 Å². The molecular formula is C10H9F2N3O2. The predicted molar refractivity (Wildman–Crippen MR) is 55.7 cm³/mol. The Balaban J connectivity index is 2.68. The van der Waals surface area contributed by atoms with Crippen LogP contribution in [0.3, 0.4) is 0 Å². The average Bonchev–Trinajstić information content (AvgIpc) is 2.71. The standard InChI is InChI=1S/C10H9F2N3O2/c1-17-7-5-3-2-4-6(7)15-9(8(11)12)13-14-10(15)16/h2-5,8H,1H3,(H,14,16). The summed E-state index contributed by atoms with van der Waals surface area (Å²) in [5, 5.41) is 5.28. The molecule has 1 aromatic heterocycles. The molecule has 2 aromatic rings. The molecule has 2 rings (SSSR count). The molecule has 0 radical (unpaired) electrons. The Hall–Kier alpha value is -2.18. The van der Waals surface area contributed by atoms with Crippen molar-refractivity contribution in [3.63, 3.8) is 0 Å². The van der Waals surface area contributed by atoms with Crippen LogP contribution in [0, 0.1) is 0 Å². The third kappa shape index (κ3) is 1.91. The van der Waals surface area contributed by atoms with E-state index in [1.807, 2.05) is 5.10 Å². The normalized spacial score (nSPS) is 10.8. The van der Waals surface area contributed by atoms with Crippen molar-refractivity contribution in [3.05, 3.63) is 40.6 Å². The smallest absolute Gasteiger partial charge is 0.348 e. The van der Waals surface area contributed by atoms with Gasteiger partial charge in [-0.25, -0.2) is 23.2 Å². The van der Waals surface area contributed by atoms with E-state index in [0.717, 1.165) is 4.57 Å². The fraction of sp³-hybridized carbons (Fsp3) is 0.200. The molecule has 0 spiro atoms. The molecule has 1 aromatic carbocycles. The molecule has 0 bridgehead atoms. The lowest BCUT2D eigenvalue weighted by Gasteiger charge is -2.09. The zero-order valence-electron chi connectivity index (χ0n) is 8.85. The Morgan fingerprint density at radius 2 is 2.12 bits per heavy atom. The molecule has 5 nitrogen and oxygen atoms in total. The summed E-state index contributed by atoms with van der Waals surface area (Å²) in [6.07, 6.45) is -2.85. The minimum atomic E-state index is -2.85. The van der Waals surface area contributed by atoms with Crippen molar-refractivity contribution in [1.82, 2.24) is 14.8 Å². The number of alkyl halides is 2. The van der Waals surface area contributed by atoms with Crippen LogP contribution in [0.15, 0.2) is 29.1 Å². The first-order chi connectivity index (χ1) is 8.15. The quantitative estimate of drug-likeness (QED) is 0.885. The highest BCUT2D eigenvalue weighted by Gasteiger charge is 2.20. The monoisotopic (exact) mass is 241 g/mol. The highest BCUT2D eigenvalue weighted by Crippen LogP contribution is 2.24. The molecule has 0 saturated carbocycles. The van der Waals surface area contributed by atoms with E-state index in [1.165, 1.54) is 13.2 Å². The maximum atomic E-state index is 12.7. The van der Waals surface area contributed by atoms with Gasteiger partial charge in [-0.15, -0.1) is 0 Å². The van der Waals surface area contributed by atoms with E-state index >= 15 is 0 Å². The van der Waals surface area contributed by atoms with Gasteiger partial charge >= 0.3 is 5.69 Å². The van der Waals surface area contributed by atoms with Gasteiger partial charge in [-0.2, -0.15) is 5.10 Å². The molecule has 0 saturated heterocycles. The molecule has 0 aliphatic carbocycles. The van der Waals surface area contributed by atoms with Crippen LogP contribution in [0.5, 0.6) is 5.75 Å². The SMILES string of the molecule is COc1ccccc1-n1c(C(F)F)n[nH]c1=O. The van der Waals surface area contributed by atoms with Crippen LogP contribution in [0.25, 0.3) is 5.69 Å². The van der Waals surface area contributed by atoms with Crippen LogP contribution in [-0.2, 0) is 0 Å². The topological polar surface area (TPSA) is 59.9 Å². The van der Waals surface area contributed by atoms with Crippen LogP contribution in [0.4, 0.5) is 8.78 Å². The summed E-state index contributed by atoms with van der Waals surface area (Å²) in [7, 11) is 1.39. The molecule has 0 unspecified atom stereocenters. The van der Waals surface area contributed by atoms with Crippen molar-refractivity contribution in [1.29, 1.82) is 0 Å². The molecule has 0 aliphatic heterocycles. The number of benzene rings is 1. The summed E-state index contributed by atoms with van der Waals surface area (Å²) in [6.45, 7) is 0. The summed E-state index contributed by atoms with van der Waals surface area (Å²) in [6, 6.07) is 6.37. The summed E-state index contributed by atoms with van der Waals surface area (Å²) in [4.78, 5) is 11.5. The summed E-state index contributed by atoms with van der Waals surface area (Å²) >= 11 is 0.